The number of hydrogen-bond acceptors (Lipinski definition) is 6. The van der Waals surface area contributed by atoms with Crippen LogP contribution in [0, 0.1) is 18.3 Å². The molecule has 3 heterocycles. The molecular weight excluding hydrogens is 418 g/mol. The van der Waals surface area contributed by atoms with Gasteiger partial charge in [0.2, 0.25) is 0 Å². The van der Waals surface area contributed by atoms with E-state index in [2.05, 4.69) is 22.7 Å². The Morgan fingerprint density at radius 1 is 1.18 bits per heavy atom. The molecular formula is C24H21N7O2. The van der Waals surface area contributed by atoms with Crippen LogP contribution in [0.25, 0.3) is 11.1 Å². The number of amides is 2. The molecule has 164 valence electrons. The molecule has 1 aliphatic heterocycles. The van der Waals surface area contributed by atoms with Gasteiger partial charge in [-0.25, -0.2) is 9.78 Å². The minimum Gasteiger partial charge on any atom is -0.350 e. The highest BCUT2D eigenvalue weighted by atomic mass is 16.2. The van der Waals surface area contributed by atoms with Gasteiger partial charge in [-0.3, -0.25) is 9.69 Å². The average Bonchev–Trinajstić information content (AvgIpc) is 3.35. The van der Waals surface area contributed by atoms with Gasteiger partial charge in [0, 0.05) is 17.4 Å². The van der Waals surface area contributed by atoms with Crippen molar-refractivity contribution < 1.29 is 9.59 Å². The molecule has 0 radical (unpaired) electrons. The lowest BCUT2D eigenvalue weighted by molar-refractivity contribution is -0.123. The van der Waals surface area contributed by atoms with Crippen molar-refractivity contribution in [3.63, 3.8) is 0 Å². The van der Waals surface area contributed by atoms with Crippen molar-refractivity contribution in [2.24, 2.45) is 5.73 Å². The van der Waals surface area contributed by atoms with E-state index in [-0.39, 0.29) is 5.91 Å². The van der Waals surface area contributed by atoms with Crippen molar-refractivity contribution >= 4 is 23.3 Å². The molecule has 1 aliphatic carbocycles. The molecule has 1 aromatic carbocycles. The van der Waals surface area contributed by atoms with Crippen LogP contribution < -0.4 is 15.5 Å². The Bertz CT molecular complexity index is 1350. The summed E-state index contributed by atoms with van der Waals surface area (Å²) in [5.74, 6) is 0.524. The van der Waals surface area contributed by atoms with E-state index in [1.165, 1.54) is 0 Å². The van der Waals surface area contributed by atoms with Crippen LogP contribution in [0.3, 0.4) is 0 Å². The van der Waals surface area contributed by atoms with Gasteiger partial charge in [0.1, 0.15) is 23.1 Å². The molecule has 9 heteroatoms. The van der Waals surface area contributed by atoms with Crippen molar-refractivity contribution in [1.82, 2.24) is 14.8 Å². The van der Waals surface area contributed by atoms with E-state index >= 15 is 0 Å². The predicted molar refractivity (Wildman–Crippen MR) is 122 cm³/mol. The molecule has 2 amide bonds. The number of pyridine rings is 1. The molecule has 0 bridgehead atoms. The molecule has 9 nitrogen and oxygen atoms in total. The van der Waals surface area contributed by atoms with E-state index in [9.17, 15) is 14.9 Å². The second kappa shape index (κ2) is 7.31. The molecule has 1 saturated carbocycles. The normalized spacial score (nSPS) is 16.7. The van der Waals surface area contributed by atoms with Gasteiger partial charge in [-0.2, -0.15) is 15.0 Å². The van der Waals surface area contributed by atoms with E-state index in [1.807, 2.05) is 29.2 Å². The van der Waals surface area contributed by atoms with Gasteiger partial charge in [0.15, 0.2) is 0 Å². The smallest absolute Gasteiger partial charge is 0.339 e. The Hall–Kier alpha value is -4.45. The number of carbonyl (C=O) groups is 2. The number of hydrogen-bond donors (Lipinski definition) is 1. The van der Waals surface area contributed by atoms with Crippen LogP contribution in [0.1, 0.15) is 30.5 Å². The molecule has 1 spiro atoms. The van der Waals surface area contributed by atoms with Crippen molar-refractivity contribution in [2.75, 3.05) is 9.80 Å². The van der Waals surface area contributed by atoms with Crippen LogP contribution in [0.5, 0.6) is 0 Å². The highest BCUT2D eigenvalue weighted by Gasteiger charge is 2.58. The molecule has 2 aromatic heterocycles. The first kappa shape index (κ1) is 20.5. The van der Waals surface area contributed by atoms with Crippen LogP contribution in [0.4, 0.5) is 16.2 Å². The first-order chi connectivity index (χ1) is 15.9. The van der Waals surface area contributed by atoms with Crippen molar-refractivity contribution in [2.45, 2.75) is 31.7 Å². The summed E-state index contributed by atoms with van der Waals surface area (Å²) in [4.78, 5) is 32.7. The molecule has 3 aromatic rings. The standard InChI is InChI=1S/C24H21N7O2/c1-15-10-20(13-27-21(15)11-25)30-16(2)31(24(22(30)32)8-3-9-24)19-6-4-17(5-7-19)18-12-28-29(14-18)23(26)33/h4-7,10,12-14H,2-3,8-9H2,1H3,(H2,26,33). The molecule has 0 atom stereocenters. The van der Waals surface area contributed by atoms with E-state index in [4.69, 9.17) is 5.73 Å². The molecule has 2 N–H and O–H groups in total. The quantitative estimate of drug-likeness (QED) is 0.668. The zero-order chi connectivity index (χ0) is 23.3. The highest BCUT2D eigenvalue weighted by Crippen LogP contribution is 2.50. The number of rotatable bonds is 3. The third-order valence-corrected chi connectivity index (χ3v) is 6.42. The fraction of sp³-hybridized carbons (Fsp3) is 0.208. The highest BCUT2D eigenvalue weighted by molar-refractivity contribution is 6.10. The lowest BCUT2D eigenvalue weighted by Gasteiger charge is -2.43. The van der Waals surface area contributed by atoms with Crippen LogP contribution >= 0.6 is 0 Å². The maximum absolute atomic E-state index is 13.6. The summed E-state index contributed by atoms with van der Waals surface area (Å²) >= 11 is 0. The zero-order valence-corrected chi connectivity index (χ0v) is 18.0. The van der Waals surface area contributed by atoms with Crippen LogP contribution in [-0.4, -0.2) is 32.2 Å². The number of nitrogens with two attached hydrogens (primary N) is 1. The minimum absolute atomic E-state index is 0.0310. The van der Waals surface area contributed by atoms with Gasteiger partial charge >= 0.3 is 6.03 Å². The number of primary amides is 1. The number of benzene rings is 1. The van der Waals surface area contributed by atoms with Crippen LogP contribution in [-0.2, 0) is 4.79 Å². The predicted octanol–water partition coefficient (Wildman–Crippen LogP) is 3.30. The SMILES string of the molecule is C=C1N(c2cnc(C#N)c(C)c2)C(=O)C2(CCC2)N1c1ccc(-c2cnn(C(N)=O)c2)cc1. The molecule has 1 saturated heterocycles. The van der Waals surface area contributed by atoms with E-state index in [0.717, 1.165) is 40.8 Å². The van der Waals surface area contributed by atoms with Crippen LogP contribution in [0.15, 0.2) is 61.3 Å². The number of nitrogens with zero attached hydrogens (tertiary/aromatic N) is 6. The number of aryl methyl sites for hydroxylation is 1. The van der Waals surface area contributed by atoms with Crippen LogP contribution in [0.2, 0.25) is 0 Å². The first-order valence-corrected chi connectivity index (χ1v) is 10.5. The lowest BCUT2D eigenvalue weighted by atomic mass is 9.75. The summed E-state index contributed by atoms with van der Waals surface area (Å²) in [6.07, 6.45) is 7.12. The Kier molecular flexibility index (Phi) is 4.53. The summed E-state index contributed by atoms with van der Waals surface area (Å²) in [6, 6.07) is 10.9. The third-order valence-electron chi connectivity index (χ3n) is 6.42. The third kappa shape index (κ3) is 2.99. The van der Waals surface area contributed by atoms with Gasteiger partial charge < -0.3 is 10.6 Å². The maximum Gasteiger partial charge on any atom is 0.339 e. The fourth-order valence-corrected chi connectivity index (χ4v) is 4.57. The Balaban J connectivity index is 1.50. The second-order valence-electron chi connectivity index (χ2n) is 8.31. The van der Waals surface area contributed by atoms with E-state index in [1.54, 1.807) is 36.5 Å². The van der Waals surface area contributed by atoms with Gasteiger partial charge in [0.05, 0.1) is 18.1 Å². The molecule has 33 heavy (non-hydrogen) atoms. The van der Waals surface area contributed by atoms with E-state index in [0.29, 0.717) is 22.8 Å². The van der Waals surface area contributed by atoms with Gasteiger partial charge in [-0.05, 0) is 55.5 Å². The Morgan fingerprint density at radius 3 is 2.45 bits per heavy atom. The van der Waals surface area contributed by atoms with Gasteiger partial charge in [-0.15, -0.1) is 0 Å². The Labute approximate surface area is 190 Å². The topological polar surface area (TPSA) is 121 Å². The summed E-state index contributed by atoms with van der Waals surface area (Å²) < 4.78 is 1.08. The Morgan fingerprint density at radius 2 is 1.91 bits per heavy atom. The van der Waals surface area contributed by atoms with Crippen molar-refractivity contribution in [3.8, 4) is 17.2 Å². The number of aromatic nitrogens is 3. The zero-order valence-electron chi connectivity index (χ0n) is 18.0. The molecule has 0 unspecified atom stereocenters. The van der Waals surface area contributed by atoms with Gasteiger partial charge in [0.25, 0.3) is 5.91 Å². The summed E-state index contributed by atoms with van der Waals surface area (Å²) in [6.45, 7) is 6.05. The minimum atomic E-state index is -0.669. The largest absolute Gasteiger partial charge is 0.350 e. The fourth-order valence-electron chi connectivity index (χ4n) is 4.57. The summed E-state index contributed by atoms with van der Waals surface area (Å²) in [7, 11) is 0. The number of nitriles is 1. The summed E-state index contributed by atoms with van der Waals surface area (Å²) in [5.41, 5.74) is 8.72. The first-order valence-electron chi connectivity index (χ1n) is 10.5. The molecule has 2 fully saturated rings. The van der Waals surface area contributed by atoms with Crippen molar-refractivity contribution in [1.29, 1.82) is 5.26 Å². The average molecular weight is 439 g/mol. The van der Waals surface area contributed by atoms with Crippen molar-refractivity contribution in [3.05, 3.63) is 72.6 Å². The lowest BCUT2D eigenvalue weighted by Crippen LogP contribution is -2.54. The summed E-state index contributed by atoms with van der Waals surface area (Å²) in [5, 5.41) is 13.1. The number of anilines is 2. The van der Waals surface area contributed by atoms with Gasteiger partial charge in [-0.1, -0.05) is 18.7 Å². The number of carbonyl (C=O) groups excluding carboxylic acids is 2. The monoisotopic (exact) mass is 439 g/mol. The second-order valence-corrected chi connectivity index (χ2v) is 8.31. The van der Waals surface area contributed by atoms with E-state index < -0.39 is 11.6 Å². The maximum atomic E-state index is 13.6. The molecule has 5 rings (SSSR count). The molecule has 2 aliphatic rings.